The van der Waals surface area contributed by atoms with E-state index < -0.39 is 0 Å². The molecule has 3 atom stereocenters. The van der Waals surface area contributed by atoms with Crippen molar-refractivity contribution >= 4 is 5.91 Å². The van der Waals surface area contributed by atoms with Crippen LogP contribution in [-0.2, 0) is 9.53 Å². The summed E-state index contributed by atoms with van der Waals surface area (Å²) in [6.07, 6.45) is 4.51. The SMILES string of the molecule is CNCC1CCCCN1C(=O)C1CCOC1C. The molecule has 2 rings (SSSR count). The van der Waals surface area contributed by atoms with E-state index in [1.807, 2.05) is 14.0 Å². The summed E-state index contributed by atoms with van der Waals surface area (Å²) in [4.78, 5) is 14.6. The van der Waals surface area contributed by atoms with Gasteiger partial charge in [-0.1, -0.05) is 0 Å². The van der Waals surface area contributed by atoms with Crippen molar-refractivity contribution < 1.29 is 9.53 Å². The molecule has 4 heteroatoms. The summed E-state index contributed by atoms with van der Waals surface area (Å²) in [6, 6.07) is 0.383. The van der Waals surface area contributed by atoms with Crippen molar-refractivity contribution in [3.05, 3.63) is 0 Å². The van der Waals surface area contributed by atoms with Gasteiger partial charge in [0.25, 0.3) is 0 Å². The van der Waals surface area contributed by atoms with Gasteiger partial charge in [-0.25, -0.2) is 0 Å². The van der Waals surface area contributed by atoms with E-state index in [1.54, 1.807) is 0 Å². The Morgan fingerprint density at radius 2 is 2.24 bits per heavy atom. The molecule has 0 saturated carbocycles. The molecule has 3 unspecified atom stereocenters. The maximum atomic E-state index is 12.5. The zero-order valence-electron chi connectivity index (χ0n) is 10.9. The topological polar surface area (TPSA) is 41.6 Å². The lowest BCUT2D eigenvalue weighted by molar-refractivity contribution is -0.140. The number of carbonyl (C=O) groups excluding carboxylic acids is 1. The van der Waals surface area contributed by atoms with Crippen LogP contribution in [0.25, 0.3) is 0 Å². The van der Waals surface area contributed by atoms with Crippen molar-refractivity contribution in [2.75, 3.05) is 26.7 Å². The standard InChI is InChI=1S/C13H24N2O2/c1-10-12(6-8-17-10)13(16)15-7-4-3-5-11(15)9-14-2/h10-12,14H,3-9H2,1-2H3. The summed E-state index contributed by atoms with van der Waals surface area (Å²) in [7, 11) is 1.96. The molecule has 0 aromatic heterocycles. The zero-order chi connectivity index (χ0) is 12.3. The fourth-order valence-corrected chi connectivity index (χ4v) is 3.01. The smallest absolute Gasteiger partial charge is 0.228 e. The first kappa shape index (κ1) is 12.8. The normalized spacial score (nSPS) is 34.0. The molecule has 1 amide bonds. The van der Waals surface area contributed by atoms with Crippen LogP contribution in [0.2, 0.25) is 0 Å². The van der Waals surface area contributed by atoms with Crippen LogP contribution in [0.4, 0.5) is 0 Å². The van der Waals surface area contributed by atoms with Gasteiger partial charge in [-0.3, -0.25) is 4.79 Å². The second kappa shape index (κ2) is 5.83. The highest BCUT2D eigenvalue weighted by Crippen LogP contribution is 2.26. The van der Waals surface area contributed by atoms with E-state index in [1.165, 1.54) is 6.42 Å². The largest absolute Gasteiger partial charge is 0.378 e. The minimum Gasteiger partial charge on any atom is -0.378 e. The van der Waals surface area contributed by atoms with Gasteiger partial charge < -0.3 is 15.0 Å². The molecular formula is C13H24N2O2. The summed E-state index contributed by atoms with van der Waals surface area (Å²) in [5.74, 6) is 0.405. The third kappa shape index (κ3) is 2.80. The molecule has 0 aromatic rings. The third-order valence-corrected chi connectivity index (χ3v) is 4.04. The van der Waals surface area contributed by atoms with Gasteiger partial charge in [-0.2, -0.15) is 0 Å². The van der Waals surface area contributed by atoms with Crippen molar-refractivity contribution in [1.82, 2.24) is 10.2 Å². The predicted octanol–water partition coefficient (Wildman–Crippen LogP) is 1.01. The van der Waals surface area contributed by atoms with Crippen LogP contribution >= 0.6 is 0 Å². The van der Waals surface area contributed by atoms with E-state index in [0.717, 1.165) is 39.0 Å². The molecule has 2 fully saturated rings. The second-order valence-corrected chi connectivity index (χ2v) is 5.21. The number of carbonyl (C=O) groups is 1. The number of ether oxygens (including phenoxy) is 1. The quantitative estimate of drug-likeness (QED) is 0.800. The molecule has 0 aliphatic carbocycles. The zero-order valence-corrected chi connectivity index (χ0v) is 10.9. The van der Waals surface area contributed by atoms with Crippen LogP contribution in [0, 0.1) is 5.92 Å². The molecule has 0 aromatic carbocycles. The number of nitrogens with zero attached hydrogens (tertiary/aromatic N) is 1. The Morgan fingerprint density at radius 3 is 2.88 bits per heavy atom. The number of amides is 1. The monoisotopic (exact) mass is 240 g/mol. The molecule has 0 spiro atoms. The van der Waals surface area contributed by atoms with Gasteiger partial charge in [0.1, 0.15) is 0 Å². The van der Waals surface area contributed by atoms with Crippen molar-refractivity contribution in [3.63, 3.8) is 0 Å². The number of likely N-dealkylation sites (N-methyl/N-ethyl adjacent to an activating group) is 1. The third-order valence-electron chi connectivity index (χ3n) is 4.04. The van der Waals surface area contributed by atoms with Crippen molar-refractivity contribution in [2.45, 2.75) is 44.8 Å². The Hall–Kier alpha value is -0.610. The molecule has 17 heavy (non-hydrogen) atoms. The van der Waals surface area contributed by atoms with Crippen molar-refractivity contribution in [2.24, 2.45) is 5.92 Å². The number of rotatable bonds is 3. The first-order valence-corrected chi connectivity index (χ1v) is 6.80. The van der Waals surface area contributed by atoms with Gasteiger partial charge in [-0.05, 0) is 39.7 Å². The van der Waals surface area contributed by atoms with Gasteiger partial charge in [-0.15, -0.1) is 0 Å². The molecule has 1 N–H and O–H groups in total. The lowest BCUT2D eigenvalue weighted by atomic mass is 9.96. The predicted molar refractivity (Wildman–Crippen MR) is 66.8 cm³/mol. The Morgan fingerprint density at radius 1 is 1.41 bits per heavy atom. The van der Waals surface area contributed by atoms with E-state index >= 15 is 0 Å². The molecule has 2 saturated heterocycles. The van der Waals surface area contributed by atoms with Crippen LogP contribution < -0.4 is 5.32 Å². The molecular weight excluding hydrogens is 216 g/mol. The summed E-state index contributed by atoms with van der Waals surface area (Å²) in [6.45, 7) is 4.59. The fourth-order valence-electron chi connectivity index (χ4n) is 3.01. The van der Waals surface area contributed by atoms with Crippen LogP contribution in [0.5, 0.6) is 0 Å². The first-order valence-electron chi connectivity index (χ1n) is 6.80. The minimum atomic E-state index is 0.0902. The Kier molecular flexibility index (Phi) is 4.40. The van der Waals surface area contributed by atoms with Crippen LogP contribution in [-0.4, -0.2) is 49.7 Å². The number of hydrogen-bond acceptors (Lipinski definition) is 3. The van der Waals surface area contributed by atoms with E-state index in [4.69, 9.17) is 4.74 Å². The van der Waals surface area contributed by atoms with Crippen LogP contribution in [0.15, 0.2) is 0 Å². The van der Waals surface area contributed by atoms with Crippen molar-refractivity contribution in [3.8, 4) is 0 Å². The Balaban J connectivity index is 2.00. The number of piperidine rings is 1. The second-order valence-electron chi connectivity index (χ2n) is 5.21. The summed E-state index contributed by atoms with van der Waals surface area (Å²) in [5, 5.41) is 3.20. The van der Waals surface area contributed by atoms with Gasteiger partial charge in [0, 0.05) is 25.7 Å². The lowest BCUT2D eigenvalue weighted by Crippen LogP contribution is -2.51. The Bertz CT molecular complexity index is 268. The summed E-state index contributed by atoms with van der Waals surface area (Å²) in [5.41, 5.74) is 0. The van der Waals surface area contributed by atoms with Gasteiger partial charge >= 0.3 is 0 Å². The van der Waals surface area contributed by atoms with Crippen LogP contribution in [0.3, 0.4) is 0 Å². The van der Waals surface area contributed by atoms with Crippen molar-refractivity contribution in [1.29, 1.82) is 0 Å². The first-order chi connectivity index (χ1) is 8.24. The average molecular weight is 240 g/mol. The van der Waals surface area contributed by atoms with E-state index in [0.29, 0.717) is 11.9 Å². The van der Waals surface area contributed by atoms with Gasteiger partial charge in [0.05, 0.1) is 12.0 Å². The average Bonchev–Trinajstić information content (AvgIpc) is 2.76. The maximum absolute atomic E-state index is 12.5. The lowest BCUT2D eigenvalue weighted by Gasteiger charge is -2.37. The maximum Gasteiger partial charge on any atom is 0.228 e. The van der Waals surface area contributed by atoms with E-state index in [9.17, 15) is 4.79 Å². The minimum absolute atomic E-state index is 0.0902. The highest BCUT2D eigenvalue weighted by molar-refractivity contribution is 5.80. The van der Waals surface area contributed by atoms with E-state index in [2.05, 4.69) is 10.2 Å². The highest BCUT2D eigenvalue weighted by Gasteiger charge is 2.36. The van der Waals surface area contributed by atoms with E-state index in [-0.39, 0.29) is 12.0 Å². The molecule has 2 aliphatic heterocycles. The molecule has 98 valence electrons. The molecule has 2 heterocycles. The summed E-state index contributed by atoms with van der Waals surface area (Å²) >= 11 is 0. The molecule has 0 bridgehead atoms. The van der Waals surface area contributed by atoms with Gasteiger partial charge in [0.15, 0.2) is 0 Å². The fraction of sp³-hybridized carbons (Fsp3) is 0.923. The van der Waals surface area contributed by atoms with Crippen LogP contribution in [0.1, 0.15) is 32.6 Å². The number of nitrogens with one attached hydrogen (secondary N) is 1. The summed E-state index contributed by atoms with van der Waals surface area (Å²) < 4.78 is 5.51. The number of likely N-dealkylation sites (tertiary alicyclic amines) is 1. The molecule has 2 aliphatic rings. The molecule has 4 nitrogen and oxygen atoms in total. The highest BCUT2D eigenvalue weighted by atomic mass is 16.5. The molecule has 0 radical (unpaired) electrons. The Labute approximate surface area is 104 Å². The number of hydrogen-bond donors (Lipinski definition) is 1. The van der Waals surface area contributed by atoms with Gasteiger partial charge in [0.2, 0.25) is 5.91 Å².